The van der Waals surface area contributed by atoms with Gasteiger partial charge in [0.15, 0.2) is 0 Å². The standard InChI is InChI=1S/C10H12BrN3S/c1-6-2-3-15-9(6)7(4-12)10-13-5-8(11)14-10/h2-3,5,7H,4,12H2,1H3,(H,13,14). The second kappa shape index (κ2) is 4.47. The Kier molecular flexibility index (Phi) is 3.23. The van der Waals surface area contributed by atoms with Gasteiger partial charge < -0.3 is 10.7 Å². The number of aromatic amines is 1. The number of hydrogen-bond donors (Lipinski definition) is 2. The first kappa shape index (κ1) is 10.9. The lowest BCUT2D eigenvalue weighted by atomic mass is 10.0. The molecule has 3 N–H and O–H groups in total. The predicted octanol–water partition coefficient (Wildman–Crippen LogP) is 2.63. The van der Waals surface area contributed by atoms with Crippen LogP contribution in [0.1, 0.15) is 22.2 Å². The van der Waals surface area contributed by atoms with Crippen molar-refractivity contribution in [2.45, 2.75) is 12.8 Å². The van der Waals surface area contributed by atoms with E-state index in [1.807, 2.05) is 0 Å². The van der Waals surface area contributed by atoms with Crippen molar-refractivity contribution in [3.63, 3.8) is 0 Å². The van der Waals surface area contributed by atoms with E-state index in [0.29, 0.717) is 6.54 Å². The number of thiophene rings is 1. The molecule has 0 bridgehead atoms. The van der Waals surface area contributed by atoms with Crippen LogP contribution in [-0.4, -0.2) is 16.5 Å². The zero-order valence-corrected chi connectivity index (χ0v) is 10.7. The maximum atomic E-state index is 5.81. The summed E-state index contributed by atoms with van der Waals surface area (Å²) in [6.07, 6.45) is 1.76. The lowest BCUT2D eigenvalue weighted by Gasteiger charge is -2.11. The maximum Gasteiger partial charge on any atom is 0.116 e. The van der Waals surface area contributed by atoms with Gasteiger partial charge in [-0.25, -0.2) is 4.98 Å². The Morgan fingerprint density at radius 1 is 1.67 bits per heavy atom. The van der Waals surface area contributed by atoms with Crippen LogP contribution in [0.15, 0.2) is 22.2 Å². The third-order valence-corrected chi connectivity index (χ3v) is 3.88. The van der Waals surface area contributed by atoms with Gasteiger partial charge in [0, 0.05) is 11.4 Å². The minimum Gasteiger partial charge on any atom is -0.336 e. The molecule has 0 aliphatic heterocycles. The Morgan fingerprint density at radius 2 is 2.47 bits per heavy atom. The van der Waals surface area contributed by atoms with Gasteiger partial charge in [-0.1, -0.05) is 0 Å². The molecule has 2 aromatic rings. The lowest BCUT2D eigenvalue weighted by molar-refractivity contribution is 0.773. The topological polar surface area (TPSA) is 54.7 Å². The zero-order chi connectivity index (χ0) is 10.8. The van der Waals surface area contributed by atoms with E-state index in [-0.39, 0.29) is 5.92 Å². The van der Waals surface area contributed by atoms with Crippen molar-refractivity contribution >= 4 is 27.3 Å². The number of rotatable bonds is 3. The van der Waals surface area contributed by atoms with E-state index in [0.717, 1.165) is 10.4 Å². The number of nitrogens with two attached hydrogens (primary N) is 1. The molecule has 1 unspecified atom stereocenters. The quantitative estimate of drug-likeness (QED) is 0.911. The first-order valence-electron chi connectivity index (χ1n) is 4.67. The molecule has 0 saturated carbocycles. The van der Waals surface area contributed by atoms with Gasteiger partial charge in [-0.15, -0.1) is 11.3 Å². The van der Waals surface area contributed by atoms with Crippen LogP contribution in [0.2, 0.25) is 0 Å². The number of aryl methyl sites for hydroxylation is 1. The van der Waals surface area contributed by atoms with Crippen LogP contribution >= 0.6 is 27.3 Å². The zero-order valence-electron chi connectivity index (χ0n) is 8.33. The van der Waals surface area contributed by atoms with Gasteiger partial charge >= 0.3 is 0 Å². The fourth-order valence-corrected chi connectivity index (χ4v) is 2.92. The summed E-state index contributed by atoms with van der Waals surface area (Å²) in [5.74, 6) is 1.10. The van der Waals surface area contributed by atoms with Crippen LogP contribution in [0, 0.1) is 6.92 Å². The van der Waals surface area contributed by atoms with E-state index in [2.05, 4.69) is 44.3 Å². The average Bonchev–Trinajstić information content (AvgIpc) is 2.79. The second-order valence-corrected chi connectivity index (χ2v) is 5.17. The summed E-state index contributed by atoms with van der Waals surface area (Å²) in [6, 6.07) is 2.11. The van der Waals surface area contributed by atoms with Gasteiger partial charge in [0.1, 0.15) is 10.4 Å². The molecule has 80 valence electrons. The van der Waals surface area contributed by atoms with Crippen molar-refractivity contribution in [3.05, 3.63) is 38.5 Å². The number of H-pyrrole nitrogens is 1. The van der Waals surface area contributed by atoms with Gasteiger partial charge in [0.05, 0.1) is 12.1 Å². The highest BCUT2D eigenvalue weighted by Crippen LogP contribution is 2.29. The summed E-state index contributed by atoms with van der Waals surface area (Å²) in [5, 5.41) is 2.09. The number of hydrogen-bond acceptors (Lipinski definition) is 3. The third-order valence-electron chi connectivity index (χ3n) is 2.35. The smallest absolute Gasteiger partial charge is 0.116 e. The average molecular weight is 286 g/mol. The molecule has 2 rings (SSSR count). The molecule has 0 aliphatic rings. The van der Waals surface area contributed by atoms with Gasteiger partial charge in [-0.05, 0) is 39.9 Å². The molecule has 1 atom stereocenters. The SMILES string of the molecule is Cc1ccsc1C(CN)c1ncc(Br)[nH]1. The summed E-state index contributed by atoms with van der Waals surface area (Å²) >= 11 is 5.09. The fourth-order valence-electron chi connectivity index (χ4n) is 1.57. The summed E-state index contributed by atoms with van der Waals surface area (Å²) in [6.45, 7) is 2.67. The van der Waals surface area contributed by atoms with Crippen molar-refractivity contribution in [1.29, 1.82) is 0 Å². The van der Waals surface area contributed by atoms with Crippen molar-refractivity contribution in [1.82, 2.24) is 9.97 Å². The molecule has 0 radical (unpaired) electrons. The summed E-state index contributed by atoms with van der Waals surface area (Å²) < 4.78 is 0.894. The van der Waals surface area contributed by atoms with Crippen LogP contribution in [0.3, 0.4) is 0 Å². The summed E-state index contributed by atoms with van der Waals surface area (Å²) in [4.78, 5) is 8.77. The largest absolute Gasteiger partial charge is 0.336 e. The molecular weight excluding hydrogens is 274 g/mol. The van der Waals surface area contributed by atoms with E-state index in [9.17, 15) is 0 Å². The van der Waals surface area contributed by atoms with Gasteiger partial charge in [0.25, 0.3) is 0 Å². The fraction of sp³-hybridized carbons (Fsp3) is 0.300. The molecule has 5 heteroatoms. The van der Waals surface area contributed by atoms with Gasteiger partial charge in [-0.2, -0.15) is 0 Å². The number of nitrogens with one attached hydrogen (secondary N) is 1. The first-order valence-corrected chi connectivity index (χ1v) is 6.34. The minimum atomic E-state index is 0.177. The molecular formula is C10H12BrN3S. The number of aromatic nitrogens is 2. The Labute approximate surface area is 101 Å². The van der Waals surface area contributed by atoms with Crippen molar-refractivity contribution < 1.29 is 0 Å². The predicted molar refractivity (Wildman–Crippen MR) is 66.2 cm³/mol. The van der Waals surface area contributed by atoms with Crippen LogP contribution in [0.4, 0.5) is 0 Å². The Bertz CT molecular complexity index is 449. The molecule has 3 nitrogen and oxygen atoms in total. The van der Waals surface area contributed by atoms with E-state index in [1.54, 1.807) is 17.5 Å². The molecule has 0 aromatic carbocycles. The maximum absolute atomic E-state index is 5.81. The number of nitrogens with zero attached hydrogens (tertiary/aromatic N) is 1. The summed E-state index contributed by atoms with van der Waals surface area (Å²) in [5.41, 5.74) is 7.09. The van der Waals surface area contributed by atoms with Crippen LogP contribution in [0.5, 0.6) is 0 Å². The van der Waals surface area contributed by atoms with Gasteiger partial charge in [0.2, 0.25) is 0 Å². The molecule has 0 amide bonds. The molecule has 0 fully saturated rings. The highest BCUT2D eigenvalue weighted by molar-refractivity contribution is 9.10. The number of imidazole rings is 1. The van der Waals surface area contributed by atoms with Crippen molar-refractivity contribution in [2.75, 3.05) is 6.54 Å². The third kappa shape index (κ3) is 2.14. The number of halogens is 1. The molecule has 0 saturated heterocycles. The Morgan fingerprint density at radius 3 is 2.93 bits per heavy atom. The first-order chi connectivity index (χ1) is 7.22. The molecule has 15 heavy (non-hydrogen) atoms. The molecule has 0 spiro atoms. The monoisotopic (exact) mass is 285 g/mol. The van der Waals surface area contributed by atoms with Gasteiger partial charge in [-0.3, -0.25) is 0 Å². The Balaban J connectivity index is 2.36. The molecule has 2 aromatic heterocycles. The Hall–Kier alpha value is -0.650. The van der Waals surface area contributed by atoms with Crippen LogP contribution in [-0.2, 0) is 0 Å². The highest BCUT2D eigenvalue weighted by Gasteiger charge is 2.18. The van der Waals surface area contributed by atoms with Crippen LogP contribution in [0.25, 0.3) is 0 Å². The van der Waals surface area contributed by atoms with E-state index in [4.69, 9.17) is 5.73 Å². The van der Waals surface area contributed by atoms with Crippen LogP contribution < -0.4 is 5.73 Å². The second-order valence-electron chi connectivity index (χ2n) is 3.37. The van der Waals surface area contributed by atoms with E-state index >= 15 is 0 Å². The molecule has 2 heterocycles. The van der Waals surface area contributed by atoms with E-state index < -0.39 is 0 Å². The lowest BCUT2D eigenvalue weighted by Crippen LogP contribution is -2.14. The normalized spacial score (nSPS) is 13.0. The van der Waals surface area contributed by atoms with Crippen molar-refractivity contribution in [2.24, 2.45) is 5.73 Å². The minimum absolute atomic E-state index is 0.177. The molecule has 0 aliphatic carbocycles. The van der Waals surface area contributed by atoms with Crippen molar-refractivity contribution in [3.8, 4) is 0 Å². The summed E-state index contributed by atoms with van der Waals surface area (Å²) in [7, 11) is 0. The van der Waals surface area contributed by atoms with E-state index in [1.165, 1.54) is 10.4 Å². The highest BCUT2D eigenvalue weighted by atomic mass is 79.9.